The topological polar surface area (TPSA) is 55.4 Å². The zero-order valence-corrected chi connectivity index (χ0v) is 11.5. The van der Waals surface area contributed by atoms with Crippen molar-refractivity contribution < 1.29 is 14.3 Å². The van der Waals surface area contributed by atoms with Crippen LogP contribution in [0.5, 0.6) is 0 Å². The summed E-state index contributed by atoms with van der Waals surface area (Å²) in [6.07, 6.45) is 3.91. The molecule has 0 saturated heterocycles. The van der Waals surface area contributed by atoms with Gasteiger partial charge in [-0.1, -0.05) is 36.4 Å². The molecule has 1 amide bonds. The lowest BCUT2D eigenvalue weighted by Crippen LogP contribution is -2.32. The summed E-state index contributed by atoms with van der Waals surface area (Å²) in [5.74, 6) is 0. The number of aldehydes is 1. The van der Waals surface area contributed by atoms with E-state index in [0.717, 1.165) is 11.8 Å². The Bertz CT molecular complexity index is 473. The van der Waals surface area contributed by atoms with E-state index in [2.05, 4.69) is 5.32 Å². The fourth-order valence-corrected chi connectivity index (χ4v) is 1.41. The van der Waals surface area contributed by atoms with Crippen molar-refractivity contribution in [2.45, 2.75) is 26.4 Å². The predicted octanol–water partition coefficient (Wildman–Crippen LogP) is 3.04. The van der Waals surface area contributed by atoms with Gasteiger partial charge < -0.3 is 10.1 Å². The summed E-state index contributed by atoms with van der Waals surface area (Å²) in [7, 11) is 0. The third-order valence-electron chi connectivity index (χ3n) is 2.18. The molecule has 102 valence electrons. The van der Waals surface area contributed by atoms with Gasteiger partial charge in [-0.15, -0.1) is 0 Å². The highest BCUT2D eigenvalue weighted by Crippen LogP contribution is 2.08. The number of ether oxygens (including phenoxy) is 1. The molecule has 0 aliphatic carbocycles. The highest BCUT2D eigenvalue weighted by atomic mass is 16.6. The zero-order chi connectivity index (χ0) is 14.3. The van der Waals surface area contributed by atoms with E-state index in [9.17, 15) is 9.59 Å². The number of nitrogens with one attached hydrogen (secondary N) is 1. The van der Waals surface area contributed by atoms with Gasteiger partial charge in [0.2, 0.25) is 0 Å². The van der Waals surface area contributed by atoms with Gasteiger partial charge in [0.05, 0.1) is 0 Å². The van der Waals surface area contributed by atoms with Gasteiger partial charge in [-0.3, -0.25) is 4.79 Å². The molecule has 4 heteroatoms. The molecule has 0 aliphatic heterocycles. The standard InChI is InChI=1S/C15H19NO3/c1-15(2,3)19-14(18)16-10-6-9-12-7-4-5-8-13(12)11-17/h4-9,11H,10H2,1-3H3,(H,16,18)/b9-6+. The van der Waals surface area contributed by atoms with Crippen molar-refractivity contribution in [3.63, 3.8) is 0 Å². The molecule has 19 heavy (non-hydrogen) atoms. The van der Waals surface area contributed by atoms with E-state index >= 15 is 0 Å². The van der Waals surface area contributed by atoms with Crippen LogP contribution in [0, 0.1) is 0 Å². The van der Waals surface area contributed by atoms with Crippen molar-refractivity contribution in [3.8, 4) is 0 Å². The summed E-state index contributed by atoms with van der Waals surface area (Å²) in [4.78, 5) is 22.2. The van der Waals surface area contributed by atoms with Crippen LogP contribution >= 0.6 is 0 Å². The Morgan fingerprint density at radius 1 is 1.26 bits per heavy atom. The maximum absolute atomic E-state index is 11.4. The molecular formula is C15H19NO3. The fourth-order valence-electron chi connectivity index (χ4n) is 1.41. The first kappa shape index (κ1) is 15.0. The van der Waals surface area contributed by atoms with Gasteiger partial charge in [-0.25, -0.2) is 4.79 Å². The maximum atomic E-state index is 11.4. The van der Waals surface area contributed by atoms with Crippen LogP contribution in [0.4, 0.5) is 4.79 Å². The Morgan fingerprint density at radius 2 is 1.89 bits per heavy atom. The Morgan fingerprint density at radius 3 is 2.47 bits per heavy atom. The molecule has 0 radical (unpaired) electrons. The molecule has 0 aliphatic rings. The van der Waals surface area contributed by atoms with Gasteiger partial charge in [0.15, 0.2) is 6.29 Å². The van der Waals surface area contributed by atoms with Crippen molar-refractivity contribution in [2.75, 3.05) is 6.54 Å². The molecule has 0 unspecified atom stereocenters. The van der Waals surface area contributed by atoms with E-state index in [-0.39, 0.29) is 0 Å². The molecule has 1 aromatic carbocycles. The van der Waals surface area contributed by atoms with Crippen molar-refractivity contribution >= 4 is 18.5 Å². The van der Waals surface area contributed by atoms with Crippen molar-refractivity contribution in [1.29, 1.82) is 0 Å². The van der Waals surface area contributed by atoms with Crippen LogP contribution in [0.25, 0.3) is 6.08 Å². The Balaban J connectivity index is 2.47. The van der Waals surface area contributed by atoms with Crippen LogP contribution in [-0.4, -0.2) is 24.5 Å². The minimum atomic E-state index is -0.502. The molecule has 0 aromatic heterocycles. The molecule has 0 fully saturated rings. The van der Waals surface area contributed by atoms with Gasteiger partial charge in [-0.05, 0) is 26.3 Å². The minimum absolute atomic E-state index is 0.349. The first-order chi connectivity index (χ1) is 8.92. The lowest BCUT2D eigenvalue weighted by atomic mass is 10.1. The Labute approximate surface area is 113 Å². The quantitative estimate of drug-likeness (QED) is 0.847. The van der Waals surface area contributed by atoms with E-state index in [1.165, 1.54) is 0 Å². The predicted molar refractivity (Wildman–Crippen MR) is 75.1 cm³/mol. The third kappa shape index (κ3) is 5.86. The van der Waals surface area contributed by atoms with Crippen molar-refractivity contribution in [1.82, 2.24) is 5.32 Å². The van der Waals surface area contributed by atoms with Gasteiger partial charge >= 0.3 is 6.09 Å². The molecule has 0 atom stereocenters. The molecule has 0 spiro atoms. The van der Waals surface area contributed by atoms with Crippen molar-refractivity contribution in [2.24, 2.45) is 0 Å². The molecule has 1 N–H and O–H groups in total. The second-order valence-electron chi connectivity index (χ2n) is 5.03. The summed E-state index contributed by atoms with van der Waals surface area (Å²) in [5.41, 5.74) is 0.942. The van der Waals surface area contributed by atoms with Crippen LogP contribution in [0.2, 0.25) is 0 Å². The number of benzene rings is 1. The number of amides is 1. The highest BCUT2D eigenvalue weighted by Gasteiger charge is 2.14. The fraction of sp³-hybridized carbons (Fsp3) is 0.333. The average molecular weight is 261 g/mol. The monoisotopic (exact) mass is 261 g/mol. The SMILES string of the molecule is CC(C)(C)OC(=O)NC/C=C/c1ccccc1C=O. The third-order valence-corrected chi connectivity index (χ3v) is 2.18. The summed E-state index contributed by atoms with van der Waals surface area (Å²) in [6, 6.07) is 7.25. The first-order valence-corrected chi connectivity index (χ1v) is 6.10. The van der Waals surface area contributed by atoms with E-state index < -0.39 is 11.7 Å². The van der Waals surface area contributed by atoms with E-state index in [4.69, 9.17) is 4.74 Å². The number of rotatable bonds is 4. The Kier molecular flexibility index (Phi) is 5.30. The number of carbonyl (C=O) groups excluding carboxylic acids is 2. The summed E-state index contributed by atoms with van der Waals surface area (Å²) in [5, 5.41) is 2.61. The smallest absolute Gasteiger partial charge is 0.407 e. The Hall–Kier alpha value is -2.10. The largest absolute Gasteiger partial charge is 0.444 e. The van der Waals surface area contributed by atoms with Gasteiger partial charge in [0, 0.05) is 12.1 Å². The lowest BCUT2D eigenvalue weighted by Gasteiger charge is -2.19. The van der Waals surface area contributed by atoms with Gasteiger partial charge in [0.25, 0.3) is 0 Å². The molecule has 1 aromatic rings. The molecular weight excluding hydrogens is 242 g/mol. The molecule has 1 rings (SSSR count). The minimum Gasteiger partial charge on any atom is -0.444 e. The lowest BCUT2D eigenvalue weighted by molar-refractivity contribution is 0.0534. The van der Waals surface area contributed by atoms with Crippen LogP contribution in [0.1, 0.15) is 36.7 Å². The van der Waals surface area contributed by atoms with Gasteiger partial charge in [0.1, 0.15) is 5.60 Å². The summed E-state index contributed by atoms with van der Waals surface area (Å²) < 4.78 is 5.09. The molecule has 0 saturated carbocycles. The number of hydrogen-bond acceptors (Lipinski definition) is 3. The zero-order valence-electron chi connectivity index (χ0n) is 11.5. The number of alkyl carbamates (subject to hydrolysis) is 1. The van der Waals surface area contributed by atoms with E-state index in [0.29, 0.717) is 12.1 Å². The maximum Gasteiger partial charge on any atom is 0.407 e. The molecule has 4 nitrogen and oxygen atoms in total. The van der Waals surface area contributed by atoms with Crippen LogP contribution < -0.4 is 5.32 Å². The summed E-state index contributed by atoms with van der Waals surface area (Å²) in [6.45, 7) is 5.77. The normalized spacial score (nSPS) is 11.3. The number of carbonyl (C=O) groups is 2. The van der Waals surface area contributed by atoms with Crippen LogP contribution in [0.15, 0.2) is 30.3 Å². The van der Waals surface area contributed by atoms with Crippen LogP contribution in [0.3, 0.4) is 0 Å². The van der Waals surface area contributed by atoms with E-state index in [1.54, 1.807) is 24.3 Å². The second-order valence-corrected chi connectivity index (χ2v) is 5.03. The summed E-state index contributed by atoms with van der Waals surface area (Å²) >= 11 is 0. The number of hydrogen-bond donors (Lipinski definition) is 1. The van der Waals surface area contributed by atoms with Crippen molar-refractivity contribution in [3.05, 3.63) is 41.5 Å². The average Bonchev–Trinajstić information content (AvgIpc) is 2.33. The first-order valence-electron chi connectivity index (χ1n) is 6.10. The molecule has 0 bridgehead atoms. The highest BCUT2D eigenvalue weighted by molar-refractivity contribution is 5.81. The van der Waals surface area contributed by atoms with Gasteiger partial charge in [-0.2, -0.15) is 0 Å². The van der Waals surface area contributed by atoms with E-state index in [1.807, 2.05) is 32.9 Å². The molecule has 0 heterocycles. The second kappa shape index (κ2) is 6.73. The van der Waals surface area contributed by atoms with Crippen LogP contribution in [-0.2, 0) is 4.74 Å².